The molecule has 3 aliphatic rings. The van der Waals surface area contributed by atoms with E-state index in [1.165, 1.54) is 7.05 Å². The molecule has 1 aromatic heterocycles. The molecule has 4 heterocycles. The first kappa shape index (κ1) is 21.3. The molecule has 10 heteroatoms. The van der Waals surface area contributed by atoms with E-state index in [1.54, 1.807) is 18.2 Å². The second-order valence-electron chi connectivity index (χ2n) is 8.72. The zero-order valence-electron chi connectivity index (χ0n) is 18.4. The Morgan fingerprint density at radius 1 is 1.09 bits per heavy atom. The fourth-order valence-electron chi connectivity index (χ4n) is 4.81. The van der Waals surface area contributed by atoms with Crippen LogP contribution in [0.1, 0.15) is 58.0 Å². The minimum absolute atomic E-state index is 0.118. The monoisotopic (exact) mass is 450 g/mol. The molecule has 0 aliphatic carbocycles. The summed E-state index contributed by atoms with van der Waals surface area (Å²) in [7, 11) is 1.38. The maximum absolute atomic E-state index is 13.3. The van der Waals surface area contributed by atoms with Crippen molar-refractivity contribution in [2.45, 2.75) is 44.3 Å². The number of imide groups is 2. The molecule has 1 aromatic carbocycles. The van der Waals surface area contributed by atoms with Gasteiger partial charge in [-0.2, -0.15) is 5.10 Å². The second-order valence-corrected chi connectivity index (χ2v) is 8.72. The molecule has 1 atom stereocenters. The Hall–Kier alpha value is -3.53. The van der Waals surface area contributed by atoms with Gasteiger partial charge in [-0.3, -0.25) is 33.7 Å². The average molecular weight is 450 g/mol. The van der Waals surface area contributed by atoms with Gasteiger partial charge in [0.15, 0.2) is 0 Å². The van der Waals surface area contributed by atoms with Crippen LogP contribution < -0.4 is 10.6 Å². The van der Waals surface area contributed by atoms with Crippen molar-refractivity contribution in [3.8, 4) is 0 Å². The molecular formula is C23H26N6O4. The Morgan fingerprint density at radius 2 is 1.88 bits per heavy atom. The minimum Gasteiger partial charge on any atom is -0.380 e. The molecule has 2 N–H and O–H groups in total. The summed E-state index contributed by atoms with van der Waals surface area (Å²) in [5.74, 6) is -1.84. The lowest BCUT2D eigenvalue weighted by Crippen LogP contribution is -2.54. The van der Waals surface area contributed by atoms with Crippen molar-refractivity contribution < 1.29 is 19.2 Å². The number of piperidine rings is 2. The summed E-state index contributed by atoms with van der Waals surface area (Å²) in [5, 5.41) is 11.1. The Labute approximate surface area is 190 Å². The fraction of sp³-hybridized carbons (Fsp3) is 0.435. The van der Waals surface area contributed by atoms with E-state index in [0.29, 0.717) is 18.3 Å². The third-order valence-corrected chi connectivity index (χ3v) is 6.70. The number of nitrogens with zero attached hydrogens (tertiary/aromatic N) is 4. The van der Waals surface area contributed by atoms with Crippen LogP contribution in [0.3, 0.4) is 0 Å². The van der Waals surface area contributed by atoms with Gasteiger partial charge in [-0.1, -0.05) is 6.07 Å². The molecule has 2 fully saturated rings. The Kier molecular flexibility index (Phi) is 5.45. The van der Waals surface area contributed by atoms with E-state index in [2.05, 4.69) is 15.7 Å². The summed E-state index contributed by atoms with van der Waals surface area (Å²) >= 11 is 0. The first-order valence-electron chi connectivity index (χ1n) is 11.2. The number of carbonyl (C=O) groups excluding carboxylic acids is 4. The van der Waals surface area contributed by atoms with E-state index in [4.69, 9.17) is 0 Å². The van der Waals surface area contributed by atoms with Gasteiger partial charge in [0.1, 0.15) is 6.04 Å². The van der Waals surface area contributed by atoms with E-state index in [-0.39, 0.29) is 29.9 Å². The Balaban J connectivity index is 1.33. The summed E-state index contributed by atoms with van der Waals surface area (Å²) in [6.45, 7) is 2.41. The van der Waals surface area contributed by atoms with Crippen LogP contribution in [0, 0.1) is 0 Å². The number of carbonyl (C=O) groups is 4. The van der Waals surface area contributed by atoms with Crippen LogP contribution in [0.5, 0.6) is 0 Å². The molecule has 1 unspecified atom stereocenters. The highest BCUT2D eigenvalue weighted by molar-refractivity contribution is 6.25. The van der Waals surface area contributed by atoms with Crippen LogP contribution in [-0.4, -0.2) is 69.4 Å². The number of rotatable bonds is 5. The van der Waals surface area contributed by atoms with Gasteiger partial charge in [0, 0.05) is 37.5 Å². The minimum atomic E-state index is -0.962. The van der Waals surface area contributed by atoms with E-state index >= 15 is 0 Å². The van der Waals surface area contributed by atoms with Crippen molar-refractivity contribution >= 4 is 29.3 Å². The number of likely N-dealkylation sites (N-methyl/N-ethyl adjacent to an activating group) is 1. The largest absolute Gasteiger partial charge is 0.380 e. The highest BCUT2D eigenvalue weighted by Crippen LogP contribution is 2.33. The maximum Gasteiger partial charge on any atom is 0.264 e. The fourth-order valence-corrected chi connectivity index (χ4v) is 4.81. The van der Waals surface area contributed by atoms with Crippen LogP contribution in [0.25, 0.3) is 0 Å². The quantitative estimate of drug-likeness (QED) is 0.657. The smallest absolute Gasteiger partial charge is 0.264 e. The molecule has 2 saturated heterocycles. The third kappa shape index (κ3) is 3.70. The lowest BCUT2D eigenvalue weighted by atomic mass is 10.0. The molecule has 0 spiro atoms. The SMILES string of the molecule is CN1C(=O)CCC(N2C(=O)c3cccc(NCc4cnn(C5CCNCC5)c4)c3C2=O)C1=O. The van der Waals surface area contributed by atoms with Gasteiger partial charge >= 0.3 is 0 Å². The van der Waals surface area contributed by atoms with E-state index in [1.807, 2.05) is 17.1 Å². The van der Waals surface area contributed by atoms with Gasteiger partial charge in [-0.25, -0.2) is 0 Å². The number of hydrogen-bond acceptors (Lipinski definition) is 7. The van der Waals surface area contributed by atoms with Crippen molar-refractivity contribution in [1.82, 2.24) is 24.9 Å². The number of benzene rings is 1. The van der Waals surface area contributed by atoms with Crippen LogP contribution >= 0.6 is 0 Å². The van der Waals surface area contributed by atoms with Gasteiger partial charge in [0.2, 0.25) is 5.91 Å². The summed E-state index contributed by atoms with van der Waals surface area (Å²) in [6.07, 6.45) is 6.16. The number of amides is 4. The van der Waals surface area contributed by atoms with Gasteiger partial charge < -0.3 is 10.6 Å². The molecule has 2 aromatic rings. The van der Waals surface area contributed by atoms with Crippen LogP contribution in [0.2, 0.25) is 0 Å². The Morgan fingerprint density at radius 3 is 2.67 bits per heavy atom. The van der Waals surface area contributed by atoms with Crippen LogP contribution in [0.4, 0.5) is 5.69 Å². The van der Waals surface area contributed by atoms with Crippen molar-refractivity contribution in [2.75, 3.05) is 25.5 Å². The number of likely N-dealkylation sites (tertiary alicyclic amines) is 1. The first-order chi connectivity index (χ1) is 16.0. The third-order valence-electron chi connectivity index (χ3n) is 6.70. The van der Waals surface area contributed by atoms with Crippen molar-refractivity contribution in [1.29, 1.82) is 0 Å². The molecule has 0 radical (unpaired) electrons. The number of hydrogen-bond donors (Lipinski definition) is 2. The molecule has 0 bridgehead atoms. The zero-order chi connectivity index (χ0) is 23.1. The summed E-state index contributed by atoms with van der Waals surface area (Å²) < 4.78 is 2.00. The van der Waals surface area contributed by atoms with E-state index in [0.717, 1.165) is 41.3 Å². The molecule has 33 heavy (non-hydrogen) atoms. The second kappa shape index (κ2) is 8.43. The lowest BCUT2D eigenvalue weighted by molar-refractivity contribution is -0.149. The zero-order valence-corrected chi connectivity index (χ0v) is 18.4. The van der Waals surface area contributed by atoms with Gasteiger partial charge in [0.25, 0.3) is 17.7 Å². The predicted molar refractivity (Wildman–Crippen MR) is 118 cm³/mol. The number of nitrogens with one attached hydrogen (secondary N) is 2. The molecule has 10 nitrogen and oxygen atoms in total. The van der Waals surface area contributed by atoms with E-state index < -0.39 is 23.8 Å². The topological polar surface area (TPSA) is 117 Å². The van der Waals surface area contributed by atoms with Crippen molar-refractivity contribution in [2.24, 2.45) is 0 Å². The molecule has 5 rings (SSSR count). The normalized spacial score (nSPS) is 21.7. The van der Waals surface area contributed by atoms with E-state index in [9.17, 15) is 19.2 Å². The molecule has 3 aliphatic heterocycles. The summed E-state index contributed by atoms with van der Waals surface area (Å²) in [5.41, 5.74) is 2.04. The van der Waals surface area contributed by atoms with Gasteiger partial charge in [-0.15, -0.1) is 0 Å². The molecule has 0 saturated carbocycles. The average Bonchev–Trinajstić information content (AvgIpc) is 3.41. The summed E-state index contributed by atoms with van der Waals surface area (Å²) in [6, 6.07) is 4.48. The van der Waals surface area contributed by atoms with Crippen LogP contribution in [-0.2, 0) is 16.1 Å². The predicted octanol–water partition coefficient (Wildman–Crippen LogP) is 1.16. The lowest BCUT2D eigenvalue weighted by Gasteiger charge is -2.32. The first-order valence-corrected chi connectivity index (χ1v) is 11.2. The van der Waals surface area contributed by atoms with Crippen molar-refractivity contribution in [3.05, 3.63) is 47.3 Å². The number of fused-ring (bicyclic) bond motifs is 1. The molecular weight excluding hydrogens is 424 g/mol. The summed E-state index contributed by atoms with van der Waals surface area (Å²) in [4.78, 5) is 52.8. The Bertz CT molecular complexity index is 1140. The standard InChI is InChI=1S/C23H26N6O4/c1-27-19(30)6-5-18(22(27)32)29-21(31)16-3-2-4-17(20(16)23(29)33)25-11-14-12-26-28(13-14)15-7-9-24-10-8-15/h2-4,12-13,15,18,24-25H,5-11H2,1H3. The van der Waals surface area contributed by atoms with Gasteiger partial charge in [0.05, 0.1) is 23.4 Å². The molecule has 172 valence electrons. The highest BCUT2D eigenvalue weighted by Gasteiger charge is 2.47. The van der Waals surface area contributed by atoms with Crippen molar-refractivity contribution in [3.63, 3.8) is 0 Å². The van der Waals surface area contributed by atoms with Crippen LogP contribution in [0.15, 0.2) is 30.6 Å². The maximum atomic E-state index is 13.3. The number of aromatic nitrogens is 2. The number of anilines is 1. The molecule has 4 amide bonds. The highest BCUT2D eigenvalue weighted by atomic mass is 16.2. The van der Waals surface area contributed by atoms with Gasteiger partial charge in [-0.05, 0) is 44.5 Å².